The molecule has 4 atom stereocenters. The molecule has 0 radical (unpaired) electrons. The Hall–Kier alpha value is -1.32. The van der Waals surface area contributed by atoms with E-state index < -0.39 is 11.9 Å². The topological polar surface area (TPSA) is 148 Å². The molecule has 8 nitrogen and oxygen atoms in total. The molecule has 2 amide bonds. The molecule has 0 aliphatic carbocycles. The van der Waals surface area contributed by atoms with Crippen LogP contribution < -0.4 is 22.1 Å². The first-order valence-corrected chi connectivity index (χ1v) is 9.88. The first-order valence-electron chi connectivity index (χ1n) is 8.83. The summed E-state index contributed by atoms with van der Waals surface area (Å²) in [5.41, 5.74) is 10.9. The maximum atomic E-state index is 12.2. The minimum Gasteiger partial charge on any atom is -0.481 e. The number of thioether (sulfide) groups is 1. The Morgan fingerprint density at radius 1 is 1.20 bits per heavy atom. The number of aliphatic carboxylic acids is 1. The van der Waals surface area contributed by atoms with Crippen molar-refractivity contribution in [2.45, 2.75) is 68.4 Å². The van der Waals surface area contributed by atoms with E-state index in [1.807, 2.05) is 0 Å². The van der Waals surface area contributed by atoms with Gasteiger partial charge in [-0.1, -0.05) is 12.8 Å². The third-order valence-corrected chi connectivity index (χ3v) is 6.33. The monoisotopic (exact) mass is 372 g/mol. The zero-order valence-electron chi connectivity index (χ0n) is 14.3. The largest absolute Gasteiger partial charge is 0.481 e. The number of carbonyl (C=O) groups is 3. The minimum atomic E-state index is -1.05. The van der Waals surface area contributed by atoms with E-state index in [1.54, 1.807) is 11.8 Å². The van der Waals surface area contributed by atoms with E-state index in [1.165, 1.54) is 0 Å². The number of fused-ring (bicyclic) bond motifs is 1. The summed E-state index contributed by atoms with van der Waals surface area (Å²) in [6.45, 7) is 0. The van der Waals surface area contributed by atoms with E-state index in [0.717, 1.165) is 18.6 Å². The Bertz CT molecular complexity index is 503. The van der Waals surface area contributed by atoms with E-state index >= 15 is 0 Å². The highest BCUT2D eigenvalue weighted by Crippen LogP contribution is 2.33. The van der Waals surface area contributed by atoms with Crippen molar-refractivity contribution in [1.29, 1.82) is 0 Å². The Morgan fingerprint density at radius 3 is 2.64 bits per heavy atom. The second-order valence-electron chi connectivity index (χ2n) is 6.82. The van der Waals surface area contributed by atoms with Gasteiger partial charge >= 0.3 is 12.0 Å². The highest BCUT2D eigenvalue weighted by molar-refractivity contribution is 8.00. The third kappa shape index (κ3) is 5.86. The molecule has 2 rings (SSSR count). The van der Waals surface area contributed by atoms with Gasteiger partial charge in [0.1, 0.15) is 11.7 Å². The molecule has 2 saturated heterocycles. The number of nitrogens with one attached hydrogen (secondary N) is 2. The first kappa shape index (κ1) is 20.0. The third-order valence-electron chi connectivity index (χ3n) is 4.82. The molecule has 0 saturated carbocycles. The van der Waals surface area contributed by atoms with Crippen LogP contribution in [0.2, 0.25) is 0 Å². The summed E-state index contributed by atoms with van der Waals surface area (Å²) in [6.07, 6.45) is 3.65. The first-order chi connectivity index (χ1) is 11.9. The van der Waals surface area contributed by atoms with Crippen molar-refractivity contribution in [1.82, 2.24) is 10.6 Å². The maximum absolute atomic E-state index is 12.2. The molecule has 2 heterocycles. The summed E-state index contributed by atoms with van der Waals surface area (Å²) in [7, 11) is 0. The lowest BCUT2D eigenvalue weighted by Crippen LogP contribution is -2.37. The average Bonchev–Trinajstić information content (AvgIpc) is 3.07. The molecule has 25 heavy (non-hydrogen) atoms. The standard InChI is InChI=1S/C16H28N4O4S/c17-13(18)7-2-1-5-11(21)9(15(22)23)4-3-6-12-14-10(8-25-12)19-16(24)20-14/h9-10,12-14H,1-8,17-18H2,(H,22,23)(H2,19,20,24)/t9?,10-,12-,14-/m0/s1. The zero-order valence-corrected chi connectivity index (χ0v) is 15.1. The zero-order chi connectivity index (χ0) is 18.4. The predicted molar refractivity (Wildman–Crippen MR) is 96.1 cm³/mol. The van der Waals surface area contributed by atoms with Gasteiger partial charge < -0.3 is 27.2 Å². The fraction of sp³-hybridized carbons (Fsp3) is 0.812. The van der Waals surface area contributed by atoms with E-state index in [4.69, 9.17) is 11.5 Å². The summed E-state index contributed by atoms with van der Waals surface area (Å²) >= 11 is 1.79. The van der Waals surface area contributed by atoms with Crippen LogP contribution in [0.5, 0.6) is 0 Å². The lowest BCUT2D eigenvalue weighted by atomic mass is 9.92. The number of hydrogen-bond acceptors (Lipinski definition) is 6. The summed E-state index contributed by atoms with van der Waals surface area (Å²) < 4.78 is 0. The number of urea groups is 1. The van der Waals surface area contributed by atoms with Crippen LogP contribution in [0.3, 0.4) is 0 Å². The number of carboxylic acids is 1. The molecule has 2 fully saturated rings. The number of unbranched alkanes of at least 4 members (excludes halogenated alkanes) is 1. The van der Waals surface area contributed by atoms with Crippen molar-refractivity contribution in [3.05, 3.63) is 0 Å². The second kappa shape index (κ2) is 9.40. The number of Topliss-reactive ketones (excluding diaryl/α,β-unsaturated/α-hetero) is 1. The molecule has 7 N–H and O–H groups in total. The molecule has 9 heteroatoms. The highest BCUT2D eigenvalue weighted by atomic mass is 32.2. The molecule has 1 unspecified atom stereocenters. The molecule has 2 aliphatic rings. The van der Waals surface area contributed by atoms with Gasteiger partial charge in [0.25, 0.3) is 0 Å². The summed E-state index contributed by atoms with van der Waals surface area (Å²) in [5, 5.41) is 15.4. The predicted octanol–water partition coefficient (Wildman–Crippen LogP) is 0.396. The molecular weight excluding hydrogens is 344 g/mol. The van der Waals surface area contributed by atoms with E-state index in [9.17, 15) is 19.5 Å². The summed E-state index contributed by atoms with van der Waals surface area (Å²) in [6, 6.07) is 0.140. The van der Waals surface area contributed by atoms with Crippen LogP contribution >= 0.6 is 11.8 Å². The van der Waals surface area contributed by atoms with Gasteiger partial charge in [-0.15, -0.1) is 0 Å². The highest BCUT2D eigenvalue weighted by Gasteiger charge is 2.42. The summed E-state index contributed by atoms with van der Waals surface area (Å²) in [5.74, 6) is -1.33. The van der Waals surface area contributed by atoms with Gasteiger partial charge in [0.15, 0.2) is 0 Å². The molecule has 0 aromatic rings. The van der Waals surface area contributed by atoms with Crippen molar-refractivity contribution in [3.8, 4) is 0 Å². The number of rotatable bonds is 11. The lowest BCUT2D eigenvalue weighted by molar-refractivity contribution is -0.146. The molecular formula is C16H28N4O4S. The van der Waals surface area contributed by atoms with Crippen LogP contribution in [0.15, 0.2) is 0 Å². The maximum Gasteiger partial charge on any atom is 0.315 e. The van der Waals surface area contributed by atoms with Crippen molar-refractivity contribution < 1.29 is 19.5 Å². The van der Waals surface area contributed by atoms with Crippen LogP contribution in [0.1, 0.15) is 44.9 Å². The van der Waals surface area contributed by atoms with Crippen molar-refractivity contribution in [2.75, 3.05) is 5.75 Å². The SMILES string of the molecule is NC(N)CCCCC(=O)C(CCC[C@@H]1SC[C@@H]2NC(=O)N[C@@H]21)C(=O)O. The van der Waals surface area contributed by atoms with E-state index in [2.05, 4.69) is 10.6 Å². The molecule has 2 aliphatic heterocycles. The second-order valence-corrected chi connectivity index (χ2v) is 8.09. The van der Waals surface area contributed by atoms with Crippen LogP contribution in [0.25, 0.3) is 0 Å². The number of carbonyl (C=O) groups excluding carboxylic acids is 2. The number of nitrogens with two attached hydrogens (primary N) is 2. The quantitative estimate of drug-likeness (QED) is 0.152. The molecule has 142 valence electrons. The van der Waals surface area contributed by atoms with Crippen LogP contribution in [0, 0.1) is 5.92 Å². The molecule has 0 aromatic carbocycles. The van der Waals surface area contributed by atoms with Crippen molar-refractivity contribution in [2.24, 2.45) is 17.4 Å². The molecule has 0 spiro atoms. The fourth-order valence-electron chi connectivity index (χ4n) is 3.44. The number of amides is 2. The Balaban J connectivity index is 1.71. The molecule has 0 bridgehead atoms. The van der Waals surface area contributed by atoms with Crippen LogP contribution in [-0.2, 0) is 9.59 Å². The smallest absolute Gasteiger partial charge is 0.315 e. The van der Waals surface area contributed by atoms with Gasteiger partial charge in [0.05, 0.1) is 18.2 Å². The average molecular weight is 372 g/mol. The van der Waals surface area contributed by atoms with Gasteiger partial charge in [-0.2, -0.15) is 11.8 Å². The lowest BCUT2D eigenvalue weighted by Gasteiger charge is -2.18. The Morgan fingerprint density at radius 2 is 1.96 bits per heavy atom. The van der Waals surface area contributed by atoms with Gasteiger partial charge in [-0.05, 0) is 25.7 Å². The number of carboxylic acid groups (broad SMARTS) is 1. The van der Waals surface area contributed by atoms with Crippen LogP contribution in [-0.4, -0.2) is 52.1 Å². The van der Waals surface area contributed by atoms with Crippen molar-refractivity contribution in [3.63, 3.8) is 0 Å². The minimum absolute atomic E-state index is 0.108. The Labute approximate surface area is 151 Å². The van der Waals surface area contributed by atoms with Gasteiger partial charge in [-0.3, -0.25) is 9.59 Å². The van der Waals surface area contributed by atoms with Gasteiger partial charge in [0.2, 0.25) is 0 Å². The normalized spacial score (nSPS) is 26.2. The Kier molecular flexibility index (Phi) is 7.52. The molecule has 0 aromatic heterocycles. The van der Waals surface area contributed by atoms with E-state index in [-0.39, 0.29) is 41.7 Å². The van der Waals surface area contributed by atoms with Gasteiger partial charge in [-0.25, -0.2) is 4.79 Å². The fourth-order valence-corrected chi connectivity index (χ4v) is 4.99. The van der Waals surface area contributed by atoms with Crippen LogP contribution in [0.4, 0.5) is 4.79 Å². The summed E-state index contributed by atoms with van der Waals surface area (Å²) in [4.78, 5) is 34.9. The van der Waals surface area contributed by atoms with Gasteiger partial charge in [0, 0.05) is 17.4 Å². The number of hydrogen-bond donors (Lipinski definition) is 5. The number of ketones is 1. The van der Waals surface area contributed by atoms with Crippen molar-refractivity contribution >= 4 is 29.5 Å². The van der Waals surface area contributed by atoms with E-state index in [0.29, 0.717) is 25.7 Å².